The van der Waals surface area contributed by atoms with Crippen molar-refractivity contribution in [1.29, 1.82) is 0 Å². The zero-order chi connectivity index (χ0) is 31.5. The molecule has 10 unspecified atom stereocenters. The van der Waals surface area contributed by atoms with E-state index in [0.29, 0.717) is 24.8 Å². The lowest BCUT2D eigenvalue weighted by atomic mass is 9.71. The molecule has 0 aromatic heterocycles. The second kappa shape index (κ2) is 13.9. The summed E-state index contributed by atoms with van der Waals surface area (Å²) in [6.07, 6.45) is 11.6. The molecule has 2 fully saturated rings. The number of aliphatic hydroxyl groups is 3. The Morgan fingerprint density at radius 3 is 2.58 bits per heavy atom. The molecule has 8 nitrogen and oxygen atoms in total. The lowest BCUT2D eigenvalue weighted by molar-refractivity contribution is -0.363. The zero-order valence-corrected chi connectivity index (χ0v) is 26.9. The maximum Gasteiger partial charge on any atom is 0.316 e. The maximum absolute atomic E-state index is 14.0. The standard InChI is InChI=1S/C35H52O8/c1-8-23(4)32-25(6)16-31(37)35(43-32)18-28-17-27(42-35)13-12-22(3)14-21(2)10-9-11-26(20-36)34(39)19-30(40-7)24(5)15-29(34)33(38)41-28/h8-12,15,21,25,27-32,36-37,39H,13-14,16-20H2,1-7H3. The molecule has 1 aliphatic carbocycles. The molecule has 0 amide bonds. The Morgan fingerprint density at radius 1 is 1.16 bits per heavy atom. The van der Waals surface area contributed by atoms with E-state index in [0.717, 1.165) is 17.6 Å². The lowest BCUT2D eigenvalue weighted by Gasteiger charge is -2.52. The number of carbonyl (C=O) groups excluding carboxylic acids is 1. The molecule has 10 atom stereocenters. The minimum Gasteiger partial charge on any atom is -0.462 e. The summed E-state index contributed by atoms with van der Waals surface area (Å²) in [4.78, 5) is 14.0. The normalized spacial score (nSPS) is 41.6. The number of allylic oxidation sites excluding steroid dienone is 5. The molecule has 2 bridgehead atoms. The van der Waals surface area contributed by atoms with Crippen LogP contribution < -0.4 is 0 Å². The summed E-state index contributed by atoms with van der Waals surface area (Å²) in [5, 5.41) is 34.0. The zero-order valence-electron chi connectivity index (χ0n) is 26.9. The Kier molecular flexibility index (Phi) is 10.9. The van der Waals surface area contributed by atoms with Crippen molar-refractivity contribution < 1.29 is 39.1 Å². The predicted octanol–water partition coefficient (Wildman–Crippen LogP) is 5.09. The van der Waals surface area contributed by atoms with Crippen LogP contribution in [0.5, 0.6) is 0 Å². The molecule has 3 N–H and O–H groups in total. The van der Waals surface area contributed by atoms with Gasteiger partial charge in [0.2, 0.25) is 0 Å². The Bertz CT molecular complexity index is 1170. The first kappa shape index (κ1) is 33.8. The fraction of sp³-hybridized carbons (Fsp3) is 0.686. The fourth-order valence-corrected chi connectivity index (χ4v) is 7.23. The van der Waals surface area contributed by atoms with Crippen molar-refractivity contribution in [2.75, 3.05) is 13.7 Å². The quantitative estimate of drug-likeness (QED) is 0.303. The minimum absolute atomic E-state index is 0.0896. The van der Waals surface area contributed by atoms with Crippen LogP contribution in [0.25, 0.3) is 0 Å². The molecule has 8 heteroatoms. The van der Waals surface area contributed by atoms with E-state index in [1.807, 2.05) is 39.0 Å². The highest BCUT2D eigenvalue weighted by atomic mass is 16.7. The third-order valence-corrected chi connectivity index (χ3v) is 9.86. The van der Waals surface area contributed by atoms with Crippen molar-refractivity contribution >= 4 is 5.97 Å². The minimum atomic E-state index is -1.71. The van der Waals surface area contributed by atoms with Crippen LogP contribution in [0, 0.1) is 17.8 Å². The number of hydrogen-bond acceptors (Lipinski definition) is 8. The van der Waals surface area contributed by atoms with Crippen molar-refractivity contribution in [3.63, 3.8) is 0 Å². The monoisotopic (exact) mass is 600 g/mol. The summed E-state index contributed by atoms with van der Waals surface area (Å²) in [7, 11) is 1.57. The molecule has 3 heterocycles. The maximum atomic E-state index is 14.0. The molecule has 4 rings (SSSR count). The van der Waals surface area contributed by atoms with Crippen molar-refractivity contribution in [2.45, 2.75) is 122 Å². The van der Waals surface area contributed by atoms with Crippen molar-refractivity contribution in [2.24, 2.45) is 17.8 Å². The largest absolute Gasteiger partial charge is 0.462 e. The lowest BCUT2D eigenvalue weighted by Crippen LogP contribution is -2.61. The molecular formula is C35H52O8. The fourth-order valence-electron chi connectivity index (χ4n) is 7.23. The van der Waals surface area contributed by atoms with Crippen molar-refractivity contribution in [1.82, 2.24) is 0 Å². The van der Waals surface area contributed by atoms with Gasteiger partial charge in [0.05, 0.1) is 24.9 Å². The van der Waals surface area contributed by atoms with Gasteiger partial charge in [-0.05, 0) is 75.5 Å². The Labute approximate surface area is 257 Å². The molecule has 43 heavy (non-hydrogen) atoms. The Hall–Kier alpha value is -2.07. The van der Waals surface area contributed by atoms with Crippen LogP contribution in [0.4, 0.5) is 0 Å². The highest BCUT2D eigenvalue weighted by Crippen LogP contribution is 2.46. The summed E-state index contributed by atoms with van der Waals surface area (Å²) in [5.41, 5.74) is 1.70. The first-order chi connectivity index (χ1) is 20.3. The first-order valence-corrected chi connectivity index (χ1v) is 15.8. The van der Waals surface area contributed by atoms with Gasteiger partial charge in [0.15, 0.2) is 5.79 Å². The van der Waals surface area contributed by atoms with E-state index in [2.05, 4.69) is 26.8 Å². The van der Waals surface area contributed by atoms with E-state index in [-0.39, 0.29) is 36.9 Å². The molecule has 240 valence electrons. The molecule has 4 aliphatic rings. The van der Waals surface area contributed by atoms with E-state index in [4.69, 9.17) is 18.9 Å². The number of esters is 1. The molecule has 0 aromatic carbocycles. The molecule has 1 spiro atoms. The van der Waals surface area contributed by atoms with Crippen molar-refractivity contribution in [3.8, 4) is 0 Å². The van der Waals surface area contributed by atoms with E-state index < -0.39 is 48.2 Å². The van der Waals surface area contributed by atoms with Crippen LogP contribution in [0.15, 0.2) is 58.7 Å². The van der Waals surface area contributed by atoms with Gasteiger partial charge < -0.3 is 34.3 Å². The van der Waals surface area contributed by atoms with Gasteiger partial charge in [-0.15, -0.1) is 0 Å². The summed E-state index contributed by atoms with van der Waals surface area (Å²) >= 11 is 0. The van der Waals surface area contributed by atoms with Crippen LogP contribution in [0.1, 0.15) is 80.1 Å². The van der Waals surface area contributed by atoms with Gasteiger partial charge in [0, 0.05) is 26.4 Å². The Balaban J connectivity index is 1.77. The third-order valence-electron chi connectivity index (χ3n) is 9.86. The van der Waals surface area contributed by atoms with Crippen LogP contribution in [0.2, 0.25) is 0 Å². The molecule has 0 saturated carbocycles. The van der Waals surface area contributed by atoms with Crippen molar-refractivity contribution in [3.05, 3.63) is 58.7 Å². The predicted molar refractivity (Wildman–Crippen MR) is 165 cm³/mol. The van der Waals surface area contributed by atoms with Gasteiger partial charge in [-0.3, -0.25) is 4.79 Å². The molecule has 3 aliphatic heterocycles. The van der Waals surface area contributed by atoms with Gasteiger partial charge in [-0.2, -0.15) is 0 Å². The summed E-state index contributed by atoms with van der Waals surface area (Å²) in [6.45, 7) is 11.7. The average molecular weight is 601 g/mol. The summed E-state index contributed by atoms with van der Waals surface area (Å²) in [6, 6.07) is 0. The summed E-state index contributed by atoms with van der Waals surface area (Å²) in [5.74, 6) is -2.67. The third kappa shape index (κ3) is 7.26. The molecule has 0 radical (unpaired) electrons. The summed E-state index contributed by atoms with van der Waals surface area (Å²) < 4.78 is 25.1. The number of carbonyl (C=O) groups is 1. The smallest absolute Gasteiger partial charge is 0.316 e. The Morgan fingerprint density at radius 2 is 1.91 bits per heavy atom. The highest BCUT2D eigenvalue weighted by Gasteiger charge is 2.55. The van der Waals surface area contributed by atoms with Crippen LogP contribution in [-0.4, -0.2) is 76.9 Å². The number of methoxy groups -OCH3 is 1. The van der Waals surface area contributed by atoms with E-state index in [1.165, 1.54) is 5.57 Å². The number of rotatable bonds is 3. The number of ether oxygens (including phenoxy) is 4. The van der Waals surface area contributed by atoms with Crippen LogP contribution in [-0.2, 0) is 23.7 Å². The second-order valence-corrected chi connectivity index (χ2v) is 13.3. The van der Waals surface area contributed by atoms with Gasteiger partial charge in [-0.25, -0.2) is 0 Å². The van der Waals surface area contributed by atoms with Crippen LogP contribution in [0.3, 0.4) is 0 Å². The highest BCUT2D eigenvalue weighted by molar-refractivity contribution is 5.78. The van der Waals surface area contributed by atoms with Gasteiger partial charge >= 0.3 is 5.97 Å². The topological polar surface area (TPSA) is 115 Å². The van der Waals surface area contributed by atoms with Gasteiger partial charge in [0.1, 0.15) is 23.7 Å². The van der Waals surface area contributed by atoms with Gasteiger partial charge in [-0.1, -0.05) is 55.9 Å². The number of hydrogen-bond donors (Lipinski definition) is 3. The van der Waals surface area contributed by atoms with E-state index in [9.17, 15) is 20.1 Å². The number of aliphatic hydroxyl groups excluding tert-OH is 2. The molecule has 0 aromatic rings. The first-order valence-electron chi connectivity index (χ1n) is 15.8. The number of fused-ring (bicyclic) bond motifs is 3. The SMILES string of the molecule is CC=C(C)C1OC2(CC3CC(CC=C(C)CC(C)C=CC=C(CO)C4(O)CC(OC)C(C)=CC4C(=O)O3)O2)C(O)CC1C. The van der Waals surface area contributed by atoms with Gasteiger partial charge in [0.25, 0.3) is 0 Å². The second-order valence-electron chi connectivity index (χ2n) is 13.3. The van der Waals surface area contributed by atoms with E-state index >= 15 is 0 Å². The molecular weight excluding hydrogens is 548 g/mol. The average Bonchev–Trinajstić information content (AvgIpc) is 2.96. The molecule has 2 saturated heterocycles. The van der Waals surface area contributed by atoms with Crippen LogP contribution >= 0.6 is 0 Å². The van der Waals surface area contributed by atoms with E-state index in [1.54, 1.807) is 19.3 Å².